The van der Waals surface area contributed by atoms with Crippen molar-refractivity contribution in [2.45, 2.75) is 58.4 Å². The van der Waals surface area contributed by atoms with E-state index in [4.69, 9.17) is 0 Å². The minimum Gasteiger partial charge on any atom is -0.345 e. The summed E-state index contributed by atoms with van der Waals surface area (Å²) in [5.74, 6) is -0.238. The summed E-state index contributed by atoms with van der Waals surface area (Å²) in [6.07, 6.45) is 4.40. The van der Waals surface area contributed by atoms with E-state index in [0.29, 0.717) is 17.5 Å². The summed E-state index contributed by atoms with van der Waals surface area (Å²) in [5.41, 5.74) is 1.86. The van der Waals surface area contributed by atoms with E-state index in [-0.39, 0.29) is 6.04 Å². The van der Waals surface area contributed by atoms with Gasteiger partial charge in [0.1, 0.15) is 0 Å². The minimum atomic E-state index is -0.588. The summed E-state index contributed by atoms with van der Waals surface area (Å²) in [7, 11) is 0. The van der Waals surface area contributed by atoms with Crippen LogP contribution in [0.1, 0.15) is 57.9 Å². The van der Waals surface area contributed by atoms with E-state index in [9.17, 15) is 9.59 Å². The Labute approximate surface area is 132 Å². The molecule has 4 nitrogen and oxygen atoms in total. The third-order valence-electron chi connectivity index (χ3n) is 4.47. The molecule has 2 rings (SSSR count). The van der Waals surface area contributed by atoms with E-state index in [2.05, 4.69) is 31.4 Å². The first-order valence-corrected chi connectivity index (χ1v) is 8.19. The molecule has 120 valence electrons. The molecule has 0 radical (unpaired) electrons. The van der Waals surface area contributed by atoms with Gasteiger partial charge in [0.15, 0.2) is 0 Å². The Hall–Kier alpha value is -1.84. The highest BCUT2D eigenvalue weighted by Gasteiger charge is 2.25. The number of carbonyl (C=O) groups is 2. The van der Waals surface area contributed by atoms with Crippen LogP contribution in [0.2, 0.25) is 0 Å². The molecule has 0 aromatic heterocycles. The zero-order chi connectivity index (χ0) is 16.1. The van der Waals surface area contributed by atoms with Crippen LogP contribution in [0.4, 0.5) is 5.69 Å². The average molecular weight is 302 g/mol. The summed E-state index contributed by atoms with van der Waals surface area (Å²) in [4.78, 5) is 24.0. The lowest BCUT2D eigenvalue weighted by Gasteiger charge is -2.29. The minimum absolute atomic E-state index is 0.121. The molecule has 22 heavy (non-hydrogen) atoms. The van der Waals surface area contributed by atoms with E-state index < -0.39 is 11.8 Å². The van der Waals surface area contributed by atoms with Gasteiger partial charge in [-0.2, -0.15) is 0 Å². The Morgan fingerprint density at radius 2 is 1.68 bits per heavy atom. The molecule has 0 saturated heterocycles. The molecule has 2 atom stereocenters. The monoisotopic (exact) mass is 302 g/mol. The molecule has 1 aliphatic carbocycles. The standard InChI is InChI=1S/C18H26N2O2/c1-12(2)14-8-10-15(11-9-14)19-17(21)18(22)20-16-7-5-4-6-13(16)3/h8-13,16H,4-7H2,1-3H3,(H,19,21)(H,20,22)/t13-,16+/m0/s1. The highest BCUT2D eigenvalue weighted by Crippen LogP contribution is 2.23. The van der Waals surface area contributed by atoms with Crippen molar-refractivity contribution in [2.24, 2.45) is 5.92 Å². The molecule has 0 aliphatic heterocycles. The number of nitrogens with one attached hydrogen (secondary N) is 2. The molecule has 2 N–H and O–H groups in total. The van der Waals surface area contributed by atoms with Crippen molar-refractivity contribution in [3.8, 4) is 0 Å². The van der Waals surface area contributed by atoms with Gasteiger partial charge in [-0.15, -0.1) is 0 Å². The van der Waals surface area contributed by atoms with Crippen molar-refractivity contribution in [2.75, 3.05) is 5.32 Å². The fraction of sp³-hybridized carbons (Fsp3) is 0.556. The van der Waals surface area contributed by atoms with Gasteiger partial charge in [0.05, 0.1) is 0 Å². The van der Waals surface area contributed by atoms with Crippen LogP contribution in [0.25, 0.3) is 0 Å². The van der Waals surface area contributed by atoms with Crippen molar-refractivity contribution >= 4 is 17.5 Å². The lowest BCUT2D eigenvalue weighted by atomic mass is 9.86. The van der Waals surface area contributed by atoms with Crippen molar-refractivity contribution in [1.29, 1.82) is 0 Å². The van der Waals surface area contributed by atoms with Crippen LogP contribution in [0, 0.1) is 5.92 Å². The molecule has 1 aliphatic rings. The van der Waals surface area contributed by atoms with Crippen molar-refractivity contribution < 1.29 is 9.59 Å². The lowest BCUT2D eigenvalue weighted by molar-refractivity contribution is -0.137. The zero-order valence-electron chi connectivity index (χ0n) is 13.7. The fourth-order valence-corrected chi connectivity index (χ4v) is 2.90. The van der Waals surface area contributed by atoms with Crippen LogP contribution in [-0.4, -0.2) is 17.9 Å². The quantitative estimate of drug-likeness (QED) is 0.840. The van der Waals surface area contributed by atoms with Crippen molar-refractivity contribution in [3.05, 3.63) is 29.8 Å². The molecular weight excluding hydrogens is 276 g/mol. The first kappa shape index (κ1) is 16.5. The molecule has 1 aromatic rings. The van der Waals surface area contributed by atoms with Gasteiger partial charge in [0.25, 0.3) is 0 Å². The number of carbonyl (C=O) groups excluding carboxylic acids is 2. The van der Waals surface area contributed by atoms with E-state index in [0.717, 1.165) is 19.3 Å². The van der Waals surface area contributed by atoms with Gasteiger partial charge >= 0.3 is 11.8 Å². The molecular formula is C18H26N2O2. The number of benzene rings is 1. The Bertz CT molecular complexity index is 522. The van der Waals surface area contributed by atoms with Crippen LogP contribution < -0.4 is 10.6 Å². The molecule has 4 heteroatoms. The number of hydrogen-bond acceptors (Lipinski definition) is 2. The predicted octanol–water partition coefficient (Wildman–Crippen LogP) is 3.44. The number of rotatable bonds is 3. The topological polar surface area (TPSA) is 58.2 Å². The second-order valence-electron chi connectivity index (χ2n) is 6.57. The van der Waals surface area contributed by atoms with Crippen molar-refractivity contribution in [3.63, 3.8) is 0 Å². The second kappa shape index (κ2) is 7.43. The van der Waals surface area contributed by atoms with Gasteiger partial charge in [-0.05, 0) is 42.4 Å². The van der Waals surface area contributed by atoms with Crippen molar-refractivity contribution in [1.82, 2.24) is 5.32 Å². The number of amides is 2. The molecule has 1 saturated carbocycles. The van der Waals surface area contributed by atoms with Gasteiger partial charge in [0, 0.05) is 11.7 Å². The smallest absolute Gasteiger partial charge is 0.313 e. The third-order valence-corrected chi connectivity index (χ3v) is 4.47. The number of hydrogen-bond donors (Lipinski definition) is 2. The van der Waals surface area contributed by atoms with Crippen LogP contribution in [0.3, 0.4) is 0 Å². The van der Waals surface area contributed by atoms with Gasteiger partial charge in [-0.1, -0.05) is 45.7 Å². The first-order chi connectivity index (χ1) is 10.5. The van der Waals surface area contributed by atoms with E-state index in [1.165, 1.54) is 12.0 Å². The summed E-state index contributed by atoms with van der Waals surface area (Å²) in [6.45, 7) is 6.37. The summed E-state index contributed by atoms with van der Waals surface area (Å²) in [5, 5.41) is 5.53. The van der Waals surface area contributed by atoms with Gasteiger partial charge in [0.2, 0.25) is 0 Å². The predicted molar refractivity (Wildman–Crippen MR) is 88.7 cm³/mol. The van der Waals surface area contributed by atoms with Gasteiger partial charge in [-0.3, -0.25) is 9.59 Å². The first-order valence-electron chi connectivity index (χ1n) is 8.19. The average Bonchev–Trinajstić information content (AvgIpc) is 2.50. The zero-order valence-corrected chi connectivity index (χ0v) is 13.7. The van der Waals surface area contributed by atoms with E-state index in [1.807, 2.05) is 24.3 Å². The molecule has 1 aromatic carbocycles. The third kappa shape index (κ3) is 4.33. The van der Waals surface area contributed by atoms with Crippen LogP contribution >= 0.6 is 0 Å². The normalized spacial score (nSPS) is 21.5. The van der Waals surface area contributed by atoms with Gasteiger partial charge < -0.3 is 10.6 Å². The van der Waals surface area contributed by atoms with Crippen LogP contribution in [0.5, 0.6) is 0 Å². The number of anilines is 1. The maximum Gasteiger partial charge on any atom is 0.313 e. The highest BCUT2D eigenvalue weighted by atomic mass is 16.2. The largest absolute Gasteiger partial charge is 0.345 e. The second-order valence-corrected chi connectivity index (χ2v) is 6.57. The van der Waals surface area contributed by atoms with E-state index >= 15 is 0 Å². The fourth-order valence-electron chi connectivity index (χ4n) is 2.90. The highest BCUT2D eigenvalue weighted by molar-refractivity contribution is 6.39. The Morgan fingerprint density at radius 3 is 2.27 bits per heavy atom. The van der Waals surface area contributed by atoms with Crippen LogP contribution in [0.15, 0.2) is 24.3 Å². The Morgan fingerprint density at radius 1 is 1.05 bits per heavy atom. The van der Waals surface area contributed by atoms with E-state index in [1.54, 1.807) is 0 Å². The molecule has 0 bridgehead atoms. The summed E-state index contributed by atoms with van der Waals surface area (Å²) in [6, 6.07) is 7.74. The maximum absolute atomic E-state index is 12.0. The SMILES string of the molecule is CC(C)c1ccc(NC(=O)C(=O)N[C@@H]2CCCC[C@@H]2C)cc1. The molecule has 0 heterocycles. The van der Waals surface area contributed by atoms with Gasteiger partial charge in [-0.25, -0.2) is 0 Å². The summed E-state index contributed by atoms with van der Waals surface area (Å²) < 4.78 is 0. The van der Waals surface area contributed by atoms with Crippen LogP contribution in [-0.2, 0) is 9.59 Å². The molecule has 0 unspecified atom stereocenters. The lowest BCUT2D eigenvalue weighted by Crippen LogP contribution is -2.45. The molecule has 1 fully saturated rings. The molecule has 2 amide bonds. The molecule has 0 spiro atoms. The Kier molecular flexibility index (Phi) is 5.58. The Balaban J connectivity index is 1.89. The summed E-state index contributed by atoms with van der Waals surface area (Å²) >= 11 is 0. The maximum atomic E-state index is 12.0.